The molecule has 0 atom stereocenters. The molecule has 6 heteroatoms. The maximum atomic E-state index is 5.82. The van der Waals surface area contributed by atoms with Crippen LogP contribution in [-0.2, 0) is 22.4 Å². The minimum absolute atomic E-state index is 0.356. The summed E-state index contributed by atoms with van der Waals surface area (Å²) < 4.78 is 11.6. The molecule has 0 aliphatic carbocycles. The molecule has 6 nitrogen and oxygen atoms in total. The molecule has 3 aliphatic heterocycles. The molecule has 1 aromatic carbocycles. The van der Waals surface area contributed by atoms with Gasteiger partial charge in [-0.3, -0.25) is 0 Å². The standard InChI is InChI=1S/C20H24N4O2/c1-2-4-17-15-24(10-6-16(17)3-1)18-5-9-21-19(22-18)23-11-7-20(8-12-23)25-13-14-26-20/h1-5,9H,6-8,10-15H2. The molecule has 0 saturated carbocycles. The van der Waals surface area contributed by atoms with Crippen LogP contribution >= 0.6 is 0 Å². The van der Waals surface area contributed by atoms with Crippen LogP contribution in [0.5, 0.6) is 0 Å². The number of nitrogens with zero attached hydrogens (tertiary/aromatic N) is 4. The number of anilines is 2. The molecule has 136 valence electrons. The average molecular weight is 352 g/mol. The van der Waals surface area contributed by atoms with E-state index in [-0.39, 0.29) is 5.79 Å². The van der Waals surface area contributed by atoms with Crippen LogP contribution in [0.4, 0.5) is 11.8 Å². The molecule has 0 amide bonds. The molecule has 0 N–H and O–H groups in total. The van der Waals surface area contributed by atoms with E-state index < -0.39 is 0 Å². The van der Waals surface area contributed by atoms with Crippen LogP contribution in [-0.4, -0.2) is 48.6 Å². The Morgan fingerprint density at radius 3 is 2.46 bits per heavy atom. The minimum atomic E-state index is -0.356. The summed E-state index contributed by atoms with van der Waals surface area (Å²) >= 11 is 0. The third-order valence-corrected chi connectivity index (χ3v) is 5.70. The smallest absolute Gasteiger partial charge is 0.227 e. The summed E-state index contributed by atoms with van der Waals surface area (Å²) in [6, 6.07) is 10.7. The number of ether oxygens (including phenoxy) is 2. The van der Waals surface area contributed by atoms with Crippen LogP contribution in [0.15, 0.2) is 36.5 Å². The first-order valence-electron chi connectivity index (χ1n) is 9.49. The molecular weight excluding hydrogens is 328 g/mol. The van der Waals surface area contributed by atoms with E-state index in [4.69, 9.17) is 14.5 Å². The fraction of sp³-hybridized carbons (Fsp3) is 0.500. The lowest BCUT2D eigenvalue weighted by atomic mass is 10.00. The molecule has 2 saturated heterocycles. The molecule has 2 aromatic rings. The second-order valence-corrected chi connectivity index (χ2v) is 7.25. The Morgan fingerprint density at radius 1 is 0.885 bits per heavy atom. The maximum Gasteiger partial charge on any atom is 0.227 e. The highest BCUT2D eigenvalue weighted by Crippen LogP contribution is 2.32. The number of aromatic nitrogens is 2. The first-order chi connectivity index (χ1) is 12.8. The Kier molecular flexibility index (Phi) is 4.02. The second kappa shape index (κ2) is 6.52. The molecule has 26 heavy (non-hydrogen) atoms. The van der Waals surface area contributed by atoms with Gasteiger partial charge in [-0.25, -0.2) is 4.98 Å². The van der Waals surface area contributed by atoms with Crippen molar-refractivity contribution < 1.29 is 9.47 Å². The van der Waals surface area contributed by atoms with E-state index in [9.17, 15) is 0 Å². The third-order valence-electron chi connectivity index (χ3n) is 5.70. The highest BCUT2D eigenvalue weighted by molar-refractivity contribution is 5.47. The lowest BCUT2D eigenvalue weighted by Gasteiger charge is -2.38. The van der Waals surface area contributed by atoms with E-state index >= 15 is 0 Å². The van der Waals surface area contributed by atoms with Gasteiger partial charge in [-0.2, -0.15) is 4.98 Å². The van der Waals surface area contributed by atoms with Gasteiger partial charge in [0.05, 0.1) is 13.2 Å². The number of fused-ring (bicyclic) bond motifs is 1. The molecule has 5 rings (SSSR count). The van der Waals surface area contributed by atoms with E-state index in [1.807, 2.05) is 12.3 Å². The van der Waals surface area contributed by atoms with Gasteiger partial charge >= 0.3 is 0 Å². The molecule has 2 fully saturated rings. The zero-order valence-electron chi connectivity index (χ0n) is 14.9. The lowest BCUT2D eigenvalue weighted by molar-refractivity contribution is -0.169. The lowest BCUT2D eigenvalue weighted by Crippen LogP contribution is -2.45. The predicted molar refractivity (Wildman–Crippen MR) is 99.3 cm³/mol. The van der Waals surface area contributed by atoms with Crippen molar-refractivity contribution in [2.75, 3.05) is 42.6 Å². The van der Waals surface area contributed by atoms with E-state index in [0.29, 0.717) is 13.2 Å². The Balaban J connectivity index is 1.31. The first-order valence-corrected chi connectivity index (χ1v) is 9.49. The quantitative estimate of drug-likeness (QED) is 0.827. The summed E-state index contributed by atoms with van der Waals surface area (Å²) in [6.45, 7) is 5.07. The van der Waals surface area contributed by atoms with E-state index in [2.05, 4.69) is 39.0 Å². The molecule has 3 aliphatic rings. The molecule has 0 bridgehead atoms. The molecule has 0 radical (unpaired) electrons. The summed E-state index contributed by atoms with van der Waals surface area (Å²) in [7, 11) is 0. The zero-order chi connectivity index (χ0) is 17.4. The van der Waals surface area contributed by atoms with Crippen molar-refractivity contribution in [3.63, 3.8) is 0 Å². The topological polar surface area (TPSA) is 50.7 Å². The van der Waals surface area contributed by atoms with Crippen molar-refractivity contribution in [2.24, 2.45) is 0 Å². The van der Waals surface area contributed by atoms with Crippen molar-refractivity contribution in [1.29, 1.82) is 0 Å². The van der Waals surface area contributed by atoms with Crippen LogP contribution < -0.4 is 9.80 Å². The maximum absolute atomic E-state index is 5.82. The minimum Gasteiger partial charge on any atom is -0.352 e. The van der Waals surface area contributed by atoms with Crippen molar-refractivity contribution in [3.05, 3.63) is 47.7 Å². The van der Waals surface area contributed by atoms with Gasteiger partial charge in [-0.1, -0.05) is 24.3 Å². The Labute approximate surface area is 153 Å². The monoisotopic (exact) mass is 352 g/mol. The van der Waals surface area contributed by atoms with Crippen LogP contribution in [0.25, 0.3) is 0 Å². The molecular formula is C20H24N4O2. The number of benzene rings is 1. The average Bonchev–Trinajstić information content (AvgIpc) is 3.16. The van der Waals surface area contributed by atoms with Gasteiger partial charge in [0.15, 0.2) is 5.79 Å². The van der Waals surface area contributed by atoms with E-state index in [0.717, 1.165) is 57.2 Å². The summed E-state index contributed by atoms with van der Waals surface area (Å²) in [4.78, 5) is 14.0. The van der Waals surface area contributed by atoms with Crippen LogP contribution in [0.2, 0.25) is 0 Å². The number of hydrogen-bond acceptors (Lipinski definition) is 6. The van der Waals surface area contributed by atoms with Crippen LogP contribution in [0, 0.1) is 0 Å². The van der Waals surface area contributed by atoms with Gasteiger partial charge in [0.1, 0.15) is 5.82 Å². The SMILES string of the molecule is c1ccc2c(c1)CCN(c1ccnc(N3CCC4(CC3)OCCO4)n1)C2. The second-order valence-electron chi connectivity index (χ2n) is 7.25. The largest absolute Gasteiger partial charge is 0.352 e. The summed E-state index contributed by atoms with van der Waals surface area (Å²) in [6.07, 6.45) is 4.69. The Bertz CT molecular complexity index is 781. The van der Waals surface area contributed by atoms with E-state index in [1.165, 1.54) is 11.1 Å². The third kappa shape index (κ3) is 2.93. The van der Waals surface area contributed by atoms with E-state index in [1.54, 1.807) is 0 Å². The fourth-order valence-corrected chi connectivity index (χ4v) is 4.19. The highest BCUT2D eigenvalue weighted by Gasteiger charge is 2.40. The predicted octanol–water partition coefficient (Wildman–Crippen LogP) is 2.38. The molecule has 1 spiro atoms. The zero-order valence-corrected chi connectivity index (χ0v) is 14.9. The summed E-state index contributed by atoms with van der Waals surface area (Å²) in [5.41, 5.74) is 2.85. The molecule has 1 aromatic heterocycles. The molecule has 4 heterocycles. The highest BCUT2D eigenvalue weighted by atomic mass is 16.7. The van der Waals surface area contributed by atoms with Gasteiger partial charge in [-0.15, -0.1) is 0 Å². The number of rotatable bonds is 2. The van der Waals surface area contributed by atoms with Gasteiger partial charge < -0.3 is 19.3 Å². The number of hydrogen-bond donors (Lipinski definition) is 0. The van der Waals surface area contributed by atoms with Gasteiger partial charge in [0, 0.05) is 45.2 Å². The van der Waals surface area contributed by atoms with Crippen molar-refractivity contribution in [1.82, 2.24) is 9.97 Å². The van der Waals surface area contributed by atoms with Crippen LogP contribution in [0.3, 0.4) is 0 Å². The Morgan fingerprint density at radius 2 is 1.65 bits per heavy atom. The van der Waals surface area contributed by atoms with Crippen LogP contribution in [0.1, 0.15) is 24.0 Å². The summed E-state index contributed by atoms with van der Waals surface area (Å²) in [5.74, 6) is 1.47. The summed E-state index contributed by atoms with van der Waals surface area (Å²) in [5, 5.41) is 0. The normalized spacial score (nSPS) is 21.8. The van der Waals surface area contributed by atoms with Crippen molar-refractivity contribution >= 4 is 11.8 Å². The van der Waals surface area contributed by atoms with Gasteiger partial charge in [0.25, 0.3) is 0 Å². The van der Waals surface area contributed by atoms with Gasteiger partial charge in [0.2, 0.25) is 5.95 Å². The first kappa shape index (κ1) is 16.0. The molecule has 0 unspecified atom stereocenters. The Hall–Kier alpha value is -2.18. The van der Waals surface area contributed by atoms with Crippen molar-refractivity contribution in [3.8, 4) is 0 Å². The van der Waals surface area contributed by atoms with Crippen molar-refractivity contribution in [2.45, 2.75) is 31.6 Å². The van der Waals surface area contributed by atoms with Gasteiger partial charge in [-0.05, 0) is 23.6 Å². The fourth-order valence-electron chi connectivity index (χ4n) is 4.19. The number of piperidine rings is 1.